The zero-order valence-electron chi connectivity index (χ0n) is 13.8. The highest BCUT2D eigenvalue weighted by Crippen LogP contribution is 2.17. The van der Waals surface area contributed by atoms with Gasteiger partial charge in [-0.05, 0) is 18.6 Å². The van der Waals surface area contributed by atoms with Crippen LogP contribution in [0.5, 0.6) is 0 Å². The van der Waals surface area contributed by atoms with E-state index in [0.717, 1.165) is 0 Å². The number of carbonyl (C=O) groups is 1. The number of aromatic amines is 1. The number of sulfonamides is 1. The molecule has 1 aliphatic rings. The Kier molecular flexibility index (Phi) is 4.73. The third-order valence-corrected chi connectivity index (χ3v) is 5.96. The number of amides is 1. The lowest BCUT2D eigenvalue weighted by atomic mass is 10.2. The first kappa shape index (κ1) is 17.4. The number of rotatable bonds is 3. The van der Waals surface area contributed by atoms with Crippen molar-refractivity contribution >= 4 is 15.9 Å². The maximum absolute atomic E-state index is 12.7. The monoisotopic (exact) mass is 365 g/mol. The van der Waals surface area contributed by atoms with Crippen molar-refractivity contribution in [2.45, 2.75) is 11.3 Å². The summed E-state index contributed by atoms with van der Waals surface area (Å²) in [7, 11) is -1.99. The molecule has 0 atom stereocenters. The number of nitrogens with zero attached hydrogens (tertiary/aromatic N) is 4. The third kappa shape index (κ3) is 3.49. The van der Waals surface area contributed by atoms with Crippen molar-refractivity contribution in [1.82, 2.24) is 24.0 Å². The van der Waals surface area contributed by atoms with Crippen LogP contribution >= 0.6 is 0 Å². The third-order valence-electron chi connectivity index (χ3n) is 4.11. The van der Waals surface area contributed by atoms with Gasteiger partial charge in [-0.2, -0.15) is 9.40 Å². The Morgan fingerprint density at radius 1 is 1.24 bits per heavy atom. The van der Waals surface area contributed by atoms with Crippen LogP contribution in [0, 0.1) is 0 Å². The van der Waals surface area contributed by atoms with Crippen LogP contribution in [0.15, 0.2) is 40.4 Å². The predicted octanol–water partition coefficient (Wildman–Crippen LogP) is -0.355. The number of nitrogens with one attached hydrogen (secondary N) is 1. The lowest BCUT2D eigenvalue weighted by Gasteiger charge is -2.21. The van der Waals surface area contributed by atoms with Crippen LogP contribution in [-0.2, 0) is 17.1 Å². The molecule has 1 N–H and O–H groups in total. The second kappa shape index (κ2) is 6.81. The Hall–Kier alpha value is -2.46. The molecule has 134 valence electrons. The van der Waals surface area contributed by atoms with E-state index in [-0.39, 0.29) is 29.5 Å². The fourth-order valence-electron chi connectivity index (χ4n) is 2.78. The molecule has 0 unspecified atom stereocenters. The fraction of sp³-hybridized carbons (Fsp3) is 0.400. The summed E-state index contributed by atoms with van der Waals surface area (Å²) in [6, 6.07) is 3.06. The predicted molar refractivity (Wildman–Crippen MR) is 89.6 cm³/mol. The van der Waals surface area contributed by atoms with E-state index in [1.807, 2.05) is 0 Å². The van der Waals surface area contributed by atoms with Crippen LogP contribution in [0.1, 0.15) is 16.8 Å². The van der Waals surface area contributed by atoms with Crippen molar-refractivity contribution in [1.29, 1.82) is 0 Å². The summed E-state index contributed by atoms with van der Waals surface area (Å²) in [5.41, 5.74) is -0.386. The van der Waals surface area contributed by atoms with E-state index in [1.54, 1.807) is 13.1 Å². The molecule has 9 nitrogen and oxygen atoms in total. The van der Waals surface area contributed by atoms with Gasteiger partial charge in [-0.15, -0.1) is 0 Å². The average Bonchev–Trinajstić information content (AvgIpc) is 2.88. The van der Waals surface area contributed by atoms with E-state index in [1.165, 1.54) is 38.5 Å². The summed E-state index contributed by atoms with van der Waals surface area (Å²) in [5.74, 6) is -0.387. The molecule has 1 aliphatic heterocycles. The largest absolute Gasteiger partial charge is 0.337 e. The zero-order valence-corrected chi connectivity index (χ0v) is 14.6. The average molecular weight is 365 g/mol. The minimum Gasteiger partial charge on any atom is -0.337 e. The molecule has 0 aliphatic carbocycles. The molecular formula is C15H19N5O4S. The standard InChI is InChI=1S/C15H19N5O4S/c1-18-11-12(10-17-18)25(23,24)20-7-3-6-19(8-9-20)15(22)13-4-2-5-16-14(13)21/h2,4-5,10-11H,3,6-9H2,1H3,(H,16,21). The number of aryl methyl sites for hydroxylation is 1. The van der Waals surface area contributed by atoms with Crippen LogP contribution in [0.2, 0.25) is 0 Å². The van der Waals surface area contributed by atoms with E-state index >= 15 is 0 Å². The Morgan fingerprint density at radius 2 is 2.04 bits per heavy atom. The second-order valence-corrected chi connectivity index (χ2v) is 7.75. The number of aromatic nitrogens is 3. The summed E-state index contributed by atoms with van der Waals surface area (Å²) in [6.07, 6.45) is 4.72. The van der Waals surface area contributed by atoms with Crippen molar-refractivity contribution < 1.29 is 13.2 Å². The molecule has 0 spiro atoms. The summed E-state index contributed by atoms with van der Waals surface area (Å²) in [4.78, 5) is 28.4. The Balaban J connectivity index is 1.76. The quantitative estimate of drug-likeness (QED) is 0.799. The van der Waals surface area contributed by atoms with Gasteiger partial charge < -0.3 is 9.88 Å². The summed E-state index contributed by atoms with van der Waals surface area (Å²) in [6.45, 7) is 1.11. The molecular weight excluding hydrogens is 346 g/mol. The Bertz CT molecular complexity index is 933. The zero-order chi connectivity index (χ0) is 18.0. The van der Waals surface area contributed by atoms with Gasteiger partial charge in [-0.3, -0.25) is 14.3 Å². The normalized spacial score (nSPS) is 16.6. The Labute approximate surface area is 144 Å². The van der Waals surface area contributed by atoms with Crippen LogP contribution in [-0.4, -0.2) is 64.5 Å². The van der Waals surface area contributed by atoms with Gasteiger partial charge in [0.1, 0.15) is 10.5 Å². The molecule has 10 heteroatoms. The van der Waals surface area contributed by atoms with E-state index in [2.05, 4.69) is 10.1 Å². The first-order valence-corrected chi connectivity index (χ1v) is 9.29. The molecule has 0 saturated carbocycles. The number of H-pyrrole nitrogens is 1. The minimum absolute atomic E-state index is 0.0612. The maximum atomic E-state index is 12.7. The highest BCUT2D eigenvalue weighted by molar-refractivity contribution is 7.89. The highest BCUT2D eigenvalue weighted by Gasteiger charge is 2.29. The van der Waals surface area contributed by atoms with Gasteiger partial charge >= 0.3 is 0 Å². The van der Waals surface area contributed by atoms with Crippen LogP contribution in [0.25, 0.3) is 0 Å². The molecule has 0 bridgehead atoms. The molecule has 1 fully saturated rings. The SMILES string of the molecule is Cn1cc(S(=O)(=O)N2CCCN(C(=O)c3ccc[nH]c3=O)CC2)cn1. The van der Waals surface area contributed by atoms with E-state index in [0.29, 0.717) is 19.5 Å². The summed E-state index contributed by atoms with van der Waals surface area (Å²) < 4.78 is 28.1. The van der Waals surface area contributed by atoms with Crippen molar-refractivity contribution in [3.05, 3.63) is 46.6 Å². The van der Waals surface area contributed by atoms with Gasteiger partial charge in [0.25, 0.3) is 11.5 Å². The van der Waals surface area contributed by atoms with Gasteiger partial charge in [0.2, 0.25) is 10.0 Å². The van der Waals surface area contributed by atoms with Gasteiger partial charge in [-0.25, -0.2) is 8.42 Å². The summed E-state index contributed by atoms with van der Waals surface area (Å²) >= 11 is 0. The van der Waals surface area contributed by atoms with Gasteiger partial charge in [-0.1, -0.05) is 0 Å². The molecule has 1 saturated heterocycles. The molecule has 3 rings (SSSR count). The Morgan fingerprint density at radius 3 is 2.72 bits per heavy atom. The molecule has 1 amide bonds. The lowest BCUT2D eigenvalue weighted by Crippen LogP contribution is -2.38. The van der Waals surface area contributed by atoms with Crippen molar-refractivity contribution in [3.63, 3.8) is 0 Å². The second-order valence-electron chi connectivity index (χ2n) is 5.81. The molecule has 0 aromatic carbocycles. The van der Waals surface area contributed by atoms with Crippen molar-refractivity contribution in [2.24, 2.45) is 7.05 Å². The van der Waals surface area contributed by atoms with E-state index in [4.69, 9.17) is 0 Å². The maximum Gasteiger partial charge on any atom is 0.260 e. The van der Waals surface area contributed by atoms with E-state index in [9.17, 15) is 18.0 Å². The van der Waals surface area contributed by atoms with Gasteiger partial charge in [0.05, 0.1) is 6.20 Å². The first-order chi connectivity index (χ1) is 11.9. The molecule has 2 aromatic rings. The number of pyridine rings is 1. The summed E-state index contributed by atoms with van der Waals surface area (Å²) in [5, 5.41) is 3.90. The fourth-order valence-corrected chi connectivity index (χ4v) is 4.23. The van der Waals surface area contributed by atoms with Gasteiger partial charge in [0, 0.05) is 45.6 Å². The topological polar surface area (TPSA) is 108 Å². The number of hydrogen-bond acceptors (Lipinski definition) is 5. The number of hydrogen-bond donors (Lipinski definition) is 1. The minimum atomic E-state index is -3.64. The smallest absolute Gasteiger partial charge is 0.260 e. The first-order valence-electron chi connectivity index (χ1n) is 7.85. The van der Waals surface area contributed by atoms with Crippen molar-refractivity contribution in [2.75, 3.05) is 26.2 Å². The van der Waals surface area contributed by atoms with Crippen LogP contribution < -0.4 is 5.56 Å². The van der Waals surface area contributed by atoms with Crippen molar-refractivity contribution in [3.8, 4) is 0 Å². The number of carbonyl (C=O) groups excluding carboxylic acids is 1. The van der Waals surface area contributed by atoms with E-state index < -0.39 is 15.6 Å². The molecule has 2 aromatic heterocycles. The lowest BCUT2D eigenvalue weighted by molar-refractivity contribution is 0.0762. The molecule has 25 heavy (non-hydrogen) atoms. The molecule has 0 radical (unpaired) electrons. The molecule has 3 heterocycles. The van der Waals surface area contributed by atoms with Gasteiger partial charge in [0.15, 0.2) is 0 Å². The van der Waals surface area contributed by atoms with Crippen LogP contribution in [0.3, 0.4) is 0 Å². The van der Waals surface area contributed by atoms with Crippen LogP contribution in [0.4, 0.5) is 0 Å². The highest BCUT2D eigenvalue weighted by atomic mass is 32.2.